The van der Waals surface area contributed by atoms with Crippen molar-refractivity contribution in [3.8, 4) is 11.5 Å². The van der Waals surface area contributed by atoms with Crippen molar-refractivity contribution < 1.29 is 19.5 Å². The van der Waals surface area contributed by atoms with Gasteiger partial charge >= 0.3 is 0 Å². The molecule has 0 unspecified atom stereocenters. The summed E-state index contributed by atoms with van der Waals surface area (Å²) in [5.41, 5.74) is 15.0. The van der Waals surface area contributed by atoms with Gasteiger partial charge in [0, 0.05) is 18.8 Å². The first-order chi connectivity index (χ1) is 13.6. The number of carbonyl (C=O) groups is 1. The number of anilines is 2. The normalized spacial score (nSPS) is 13.2. The molecule has 28 heavy (non-hydrogen) atoms. The van der Waals surface area contributed by atoms with Crippen LogP contribution in [0.15, 0.2) is 24.3 Å². The molecular weight excluding hydrogens is 362 g/mol. The fourth-order valence-corrected chi connectivity index (χ4v) is 2.86. The Morgan fingerprint density at radius 3 is 2.68 bits per heavy atom. The summed E-state index contributed by atoms with van der Waals surface area (Å²) in [4.78, 5) is 19.5. The minimum atomic E-state index is -0.432. The average Bonchev–Trinajstić information content (AvgIpc) is 3.52. The van der Waals surface area contributed by atoms with E-state index in [9.17, 15) is 4.79 Å². The molecule has 150 valence electrons. The van der Waals surface area contributed by atoms with Gasteiger partial charge in [-0.3, -0.25) is 10.0 Å². The minimum absolute atomic E-state index is 0.168. The molecule has 0 bridgehead atoms. The number of nitrogens with one attached hydrogen (secondary N) is 1. The fraction of sp³-hybridized carbons (Fsp3) is 0.421. The Morgan fingerprint density at radius 2 is 1.93 bits per heavy atom. The Balaban J connectivity index is 1.49. The number of ether oxygens (including phenoxy) is 2. The molecule has 1 fully saturated rings. The predicted molar refractivity (Wildman–Crippen MR) is 103 cm³/mol. The number of amides is 1. The number of para-hydroxylation sites is 1. The number of hydroxylamine groups is 1. The van der Waals surface area contributed by atoms with Gasteiger partial charge in [0.15, 0.2) is 11.6 Å². The van der Waals surface area contributed by atoms with Crippen molar-refractivity contribution in [3.05, 3.63) is 35.5 Å². The standard InChI is InChI=1S/C19H25N5O4/c20-18-17(16(13-6-7-13)22-19(21)23-18)28-11-3-10-27-14-5-2-1-4-12(14)8-9-15(25)24-26/h1-2,4-5,13,26H,3,6-11H2,(H,24,25)(H4,20,21,22,23). The average molecular weight is 387 g/mol. The van der Waals surface area contributed by atoms with Crippen molar-refractivity contribution >= 4 is 17.7 Å². The number of hydrogen-bond donors (Lipinski definition) is 4. The quantitative estimate of drug-likeness (QED) is 0.274. The van der Waals surface area contributed by atoms with Crippen molar-refractivity contribution in [1.82, 2.24) is 15.4 Å². The number of nitrogens with two attached hydrogens (primary N) is 2. The van der Waals surface area contributed by atoms with E-state index in [1.807, 2.05) is 24.3 Å². The van der Waals surface area contributed by atoms with E-state index >= 15 is 0 Å². The number of rotatable bonds is 10. The molecule has 0 spiro atoms. The van der Waals surface area contributed by atoms with Crippen molar-refractivity contribution in [1.29, 1.82) is 0 Å². The van der Waals surface area contributed by atoms with Crippen LogP contribution in [0.25, 0.3) is 0 Å². The van der Waals surface area contributed by atoms with Gasteiger partial charge in [-0.25, -0.2) is 10.5 Å². The molecule has 9 heteroatoms. The Hall–Kier alpha value is -3.07. The van der Waals surface area contributed by atoms with E-state index in [1.54, 1.807) is 5.48 Å². The van der Waals surface area contributed by atoms with Crippen LogP contribution in [0.4, 0.5) is 11.8 Å². The molecule has 0 atom stereocenters. The van der Waals surface area contributed by atoms with Gasteiger partial charge in [0.2, 0.25) is 11.9 Å². The summed E-state index contributed by atoms with van der Waals surface area (Å²) in [6.07, 6.45) is 3.41. The third-order valence-electron chi connectivity index (χ3n) is 4.41. The molecule has 6 N–H and O–H groups in total. The van der Waals surface area contributed by atoms with E-state index in [4.69, 9.17) is 26.1 Å². The summed E-state index contributed by atoms with van der Waals surface area (Å²) in [7, 11) is 0. The van der Waals surface area contributed by atoms with E-state index in [0.717, 1.165) is 24.1 Å². The molecule has 1 heterocycles. The van der Waals surface area contributed by atoms with Crippen molar-refractivity contribution in [2.75, 3.05) is 24.7 Å². The van der Waals surface area contributed by atoms with E-state index in [1.165, 1.54) is 0 Å². The van der Waals surface area contributed by atoms with Crippen molar-refractivity contribution in [2.45, 2.75) is 38.0 Å². The molecule has 1 aliphatic rings. The Morgan fingerprint density at radius 1 is 1.18 bits per heavy atom. The molecule has 2 aromatic rings. The van der Waals surface area contributed by atoms with E-state index in [-0.39, 0.29) is 18.2 Å². The minimum Gasteiger partial charge on any atom is -0.493 e. The van der Waals surface area contributed by atoms with Gasteiger partial charge in [-0.05, 0) is 30.9 Å². The Labute approximate surface area is 163 Å². The van der Waals surface area contributed by atoms with Crippen LogP contribution in [0.1, 0.15) is 42.9 Å². The highest BCUT2D eigenvalue weighted by molar-refractivity contribution is 5.74. The zero-order valence-electron chi connectivity index (χ0n) is 15.6. The molecule has 0 radical (unpaired) electrons. The van der Waals surface area contributed by atoms with Crippen molar-refractivity contribution in [3.63, 3.8) is 0 Å². The van der Waals surface area contributed by atoms with Gasteiger partial charge in [0.1, 0.15) is 5.75 Å². The molecular formula is C19H25N5O4. The zero-order valence-corrected chi connectivity index (χ0v) is 15.6. The summed E-state index contributed by atoms with van der Waals surface area (Å²) in [5.74, 6) is 1.58. The third-order valence-corrected chi connectivity index (χ3v) is 4.41. The van der Waals surface area contributed by atoms with Gasteiger partial charge in [-0.1, -0.05) is 18.2 Å². The van der Waals surface area contributed by atoms with Gasteiger partial charge in [-0.2, -0.15) is 4.98 Å². The number of nitrogen functional groups attached to an aromatic ring is 2. The number of benzene rings is 1. The first-order valence-electron chi connectivity index (χ1n) is 9.27. The van der Waals surface area contributed by atoms with Crippen LogP contribution in [-0.4, -0.2) is 34.3 Å². The lowest BCUT2D eigenvalue weighted by molar-refractivity contribution is -0.129. The largest absolute Gasteiger partial charge is 0.493 e. The number of carbonyl (C=O) groups excluding carboxylic acids is 1. The maximum Gasteiger partial charge on any atom is 0.243 e. The maximum absolute atomic E-state index is 11.2. The van der Waals surface area contributed by atoms with Gasteiger partial charge in [0.25, 0.3) is 0 Å². The predicted octanol–water partition coefficient (Wildman–Crippen LogP) is 1.80. The second-order valence-corrected chi connectivity index (χ2v) is 6.65. The molecule has 9 nitrogen and oxygen atoms in total. The van der Waals surface area contributed by atoms with Gasteiger partial charge in [-0.15, -0.1) is 0 Å². The topological polar surface area (TPSA) is 146 Å². The van der Waals surface area contributed by atoms with Crippen LogP contribution < -0.4 is 26.4 Å². The SMILES string of the molecule is Nc1nc(N)c(OCCCOc2ccccc2CCC(=O)NO)c(C2CC2)n1. The summed E-state index contributed by atoms with van der Waals surface area (Å²) in [5, 5.41) is 8.60. The maximum atomic E-state index is 11.2. The van der Waals surface area contributed by atoms with Crippen molar-refractivity contribution in [2.24, 2.45) is 0 Å². The van der Waals surface area contributed by atoms with Gasteiger partial charge < -0.3 is 20.9 Å². The van der Waals surface area contributed by atoms with Crippen LogP contribution in [0.5, 0.6) is 11.5 Å². The third kappa shape index (κ3) is 5.23. The lowest BCUT2D eigenvalue weighted by atomic mass is 10.1. The van der Waals surface area contributed by atoms with E-state index < -0.39 is 5.91 Å². The fourth-order valence-electron chi connectivity index (χ4n) is 2.86. The highest BCUT2D eigenvalue weighted by Gasteiger charge is 2.30. The molecule has 0 aliphatic heterocycles. The van der Waals surface area contributed by atoms with E-state index in [0.29, 0.717) is 43.5 Å². The molecule has 1 aromatic carbocycles. The van der Waals surface area contributed by atoms with Gasteiger partial charge in [0.05, 0.1) is 18.9 Å². The van der Waals surface area contributed by atoms with Crippen LogP contribution >= 0.6 is 0 Å². The first kappa shape index (κ1) is 19.7. The Bertz CT molecular complexity index is 826. The van der Waals surface area contributed by atoms with Crippen LogP contribution in [0.3, 0.4) is 0 Å². The second kappa shape index (κ2) is 9.23. The second-order valence-electron chi connectivity index (χ2n) is 6.65. The summed E-state index contributed by atoms with van der Waals surface area (Å²) in [6, 6.07) is 7.50. The highest BCUT2D eigenvalue weighted by atomic mass is 16.5. The van der Waals surface area contributed by atoms with Crippen LogP contribution in [-0.2, 0) is 11.2 Å². The molecule has 1 aliphatic carbocycles. The monoisotopic (exact) mass is 387 g/mol. The first-order valence-corrected chi connectivity index (χ1v) is 9.27. The summed E-state index contributed by atoms with van der Waals surface area (Å²) in [6.45, 7) is 0.851. The summed E-state index contributed by atoms with van der Waals surface area (Å²) >= 11 is 0. The lowest BCUT2D eigenvalue weighted by Crippen LogP contribution is -2.18. The van der Waals surface area contributed by atoms with Crippen LogP contribution in [0.2, 0.25) is 0 Å². The molecule has 1 saturated carbocycles. The smallest absolute Gasteiger partial charge is 0.243 e. The molecule has 1 amide bonds. The molecule has 1 aromatic heterocycles. The molecule has 0 saturated heterocycles. The zero-order chi connectivity index (χ0) is 19.9. The Kier molecular flexibility index (Phi) is 6.49. The van der Waals surface area contributed by atoms with Crippen LogP contribution in [0, 0.1) is 0 Å². The molecule has 3 rings (SSSR count). The number of aromatic nitrogens is 2. The highest BCUT2D eigenvalue weighted by Crippen LogP contribution is 2.44. The number of hydrogen-bond acceptors (Lipinski definition) is 8. The number of aryl methyl sites for hydroxylation is 1. The number of nitrogens with zero attached hydrogens (tertiary/aromatic N) is 2. The summed E-state index contributed by atoms with van der Waals surface area (Å²) < 4.78 is 11.6. The van der Waals surface area contributed by atoms with E-state index in [2.05, 4.69) is 9.97 Å². The lowest BCUT2D eigenvalue weighted by Gasteiger charge is -2.14.